The molecular formula is C19H21NO4S. The molecule has 1 aliphatic heterocycles. The monoisotopic (exact) mass is 359 g/mol. The second kappa shape index (κ2) is 5.73. The molecule has 0 amide bonds. The Bertz CT molecular complexity index is 775. The van der Waals surface area contributed by atoms with Gasteiger partial charge in [0.25, 0.3) is 0 Å². The first-order valence-electron chi connectivity index (χ1n) is 8.02. The molecule has 0 atom stereocenters. The van der Waals surface area contributed by atoms with Gasteiger partial charge in [-0.1, -0.05) is 30.0 Å². The van der Waals surface area contributed by atoms with E-state index in [2.05, 4.69) is 4.99 Å². The molecule has 2 fully saturated rings. The van der Waals surface area contributed by atoms with Crippen molar-refractivity contribution in [1.82, 2.24) is 0 Å². The first kappa shape index (κ1) is 17.7. The zero-order chi connectivity index (χ0) is 18.5. The number of benzene rings is 1. The Morgan fingerprint density at radius 3 is 2.32 bits per heavy atom. The Hall–Kier alpha value is -2.08. The van der Waals surface area contributed by atoms with Gasteiger partial charge in [-0.25, -0.2) is 9.79 Å². The Morgan fingerprint density at radius 1 is 1.16 bits per heavy atom. The molecule has 1 aliphatic carbocycles. The molecule has 0 radical (unpaired) electrons. The molecule has 1 aromatic rings. The van der Waals surface area contributed by atoms with E-state index < -0.39 is 21.7 Å². The molecule has 5 nitrogen and oxygen atoms in total. The fourth-order valence-electron chi connectivity index (χ4n) is 3.67. The van der Waals surface area contributed by atoms with Crippen LogP contribution in [0.1, 0.15) is 27.7 Å². The average Bonchev–Trinajstić information content (AvgIpc) is 2.96. The van der Waals surface area contributed by atoms with E-state index in [1.807, 2.05) is 58.0 Å². The lowest BCUT2D eigenvalue weighted by atomic mass is 9.51. The molecule has 25 heavy (non-hydrogen) atoms. The second-order valence-electron chi connectivity index (χ2n) is 7.18. The van der Waals surface area contributed by atoms with Gasteiger partial charge in [0.05, 0.1) is 28.5 Å². The number of methoxy groups -OCH3 is 1. The summed E-state index contributed by atoms with van der Waals surface area (Å²) in [4.78, 5) is 28.7. The van der Waals surface area contributed by atoms with Crippen LogP contribution in [0.5, 0.6) is 0 Å². The molecule has 1 heterocycles. The minimum Gasteiger partial charge on any atom is -0.466 e. The van der Waals surface area contributed by atoms with E-state index in [9.17, 15) is 9.59 Å². The fraction of sp³-hybridized carbons (Fsp3) is 0.421. The topological polar surface area (TPSA) is 65.0 Å². The van der Waals surface area contributed by atoms with E-state index >= 15 is 0 Å². The van der Waals surface area contributed by atoms with Crippen LogP contribution >= 0.6 is 11.8 Å². The van der Waals surface area contributed by atoms with Gasteiger partial charge < -0.3 is 9.47 Å². The highest BCUT2D eigenvalue weighted by Gasteiger charge is 2.77. The highest BCUT2D eigenvalue weighted by Crippen LogP contribution is 2.70. The van der Waals surface area contributed by atoms with Gasteiger partial charge in [-0.3, -0.25) is 4.79 Å². The van der Waals surface area contributed by atoms with Crippen LogP contribution in [0.4, 0.5) is 5.69 Å². The first-order valence-corrected chi connectivity index (χ1v) is 8.84. The standard InChI is InChI=1S/C19H21NO4S/c1-17(2)16(22)18(3,4)19(17)24-15(13(25-19)11-14(21)23-5)20-12-9-7-6-8-10-12/h6-11H,1-5H3/b13-11-,20-15?. The summed E-state index contributed by atoms with van der Waals surface area (Å²) in [5.74, 6) is -0.00805. The van der Waals surface area contributed by atoms with Gasteiger partial charge in [0, 0.05) is 6.08 Å². The van der Waals surface area contributed by atoms with Crippen LogP contribution in [0.3, 0.4) is 0 Å². The zero-order valence-corrected chi connectivity index (χ0v) is 15.8. The molecule has 0 N–H and O–H groups in total. The van der Waals surface area contributed by atoms with E-state index in [1.165, 1.54) is 24.9 Å². The summed E-state index contributed by atoms with van der Waals surface area (Å²) >= 11 is 1.37. The Labute approximate surface area is 151 Å². The molecule has 0 unspecified atom stereocenters. The highest BCUT2D eigenvalue weighted by atomic mass is 32.2. The minimum absolute atomic E-state index is 0.130. The molecule has 3 rings (SSSR count). The highest BCUT2D eigenvalue weighted by molar-refractivity contribution is 8.05. The molecule has 0 aromatic heterocycles. The Balaban J connectivity index is 2.08. The van der Waals surface area contributed by atoms with Gasteiger partial charge in [-0.05, 0) is 39.8 Å². The van der Waals surface area contributed by atoms with Gasteiger partial charge in [0.2, 0.25) is 5.90 Å². The summed E-state index contributed by atoms with van der Waals surface area (Å²) in [5.41, 5.74) is -0.665. The average molecular weight is 359 g/mol. The summed E-state index contributed by atoms with van der Waals surface area (Å²) in [6.45, 7) is 7.48. The van der Waals surface area contributed by atoms with Gasteiger partial charge in [-0.2, -0.15) is 0 Å². The largest absolute Gasteiger partial charge is 0.466 e. The van der Waals surface area contributed by atoms with E-state index in [0.717, 1.165) is 0 Å². The molecule has 6 heteroatoms. The SMILES string of the molecule is COC(=O)/C=C1\SC2(OC1=Nc1ccccc1)C(C)(C)C(=O)C2(C)C. The normalized spacial score (nSPS) is 25.7. The van der Waals surface area contributed by atoms with Crippen molar-refractivity contribution in [1.29, 1.82) is 0 Å². The van der Waals surface area contributed by atoms with Crippen LogP contribution in [0.2, 0.25) is 0 Å². The summed E-state index contributed by atoms with van der Waals surface area (Å²) in [6.07, 6.45) is 1.37. The number of hydrogen-bond donors (Lipinski definition) is 0. The molecule has 1 saturated heterocycles. The number of hydrogen-bond acceptors (Lipinski definition) is 6. The molecule has 1 aromatic carbocycles. The van der Waals surface area contributed by atoms with Crippen LogP contribution in [-0.4, -0.2) is 29.7 Å². The smallest absolute Gasteiger partial charge is 0.331 e. The van der Waals surface area contributed by atoms with Gasteiger partial charge in [0.15, 0.2) is 10.7 Å². The molecule has 2 aliphatic rings. The van der Waals surface area contributed by atoms with Crippen LogP contribution < -0.4 is 0 Å². The number of carbonyl (C=O) groups is 2. The third-order valence-electron chi connectivity index (χ3n) is 4.92. The van der Waals surface area contributed by atoms with Crippen molar-refractivity contribution in [2.24, 2.45) is 15.8 Å². The number of Topliss-reactive ketones (excluding diaryl/α,β-unsaturated/α-hetero) is 1. The molecule has 0 bridgehead atoms. The number of thioether (sulfide) groups is 1. The Morgan fingerprint density at radius 2 is 1.76 bits per heavy atom. The molecule has 1 saturated carbocycles. The van der Waals surface area contributed by atoms with Crippen molar-refractivity contribution in [3.05, 3.63) is 41.3 Å². The van der Waals surface area contributed by atoms with Crippen molar-refractivity contribution < 1.29 is 19.1 Å². The van der Waals surface area contributed by atoms with Crippen LogP contribution in [0, 0.1) is 10.8 Å². The van der Waals surface area contributed by atoms with Crippen molar-refractivity contribution in [2.75, 3.05) is 7.11 Å². The number of ketones is 1. The number of carbonyl (C=O) groups excluding carboxylic acids is 2. The van der Waals surface area contributed by atoms with Crippen molar-refractivity contribution in [2.45, 2.75) is 32.6 Å². The van der Waals surface area contributed by atoms with E-state index in [-0.39, 0.29) is 5.78 Å². The predicted molar refractivity (Wildman–Crippen MR) is 97.6 cm³/mol. The number of rotatable bonds is 2. The predicted octanol–water partition coefficient (Wildman–Crippen LogP) is 3.87. The maximum absolute atomic E-state index is 12.6. The summed E-state index contributed by atoms with van der Waals surface area (Å²) in [5, 5.41) is 0. The lowest BCUT2D eigenvalue weighted by molar-refractivity contribution is -0.186. The van der Waals surface area contributed by atoms with E-state index in [0.29, 0.717) is 16.5 Å². The number of para-hydroxylation sites is 1. The second-order valence-corrected chi connectivity index (χ2v) is 8.40. The summed E-state index contributed by atoms with van der Waals surface area (Å²) < 4.78 is 11.0. The number of nitrogens with zero attached hydrogens (tertiary/aromatic N) is 1. The molecular weight excluding hydrogens is 338 g/mol. The third kappa shape index (κ3) is 2.42. The van der Waals surface area contributed by atoms with Crippen LogP contribution in [0.15, 0.2) is 46.3 Å². The lowest BCUT2D eigenvalue weighted by Crippen LogP contribution is -2.72. The third-order valence-corrected chi connectivity index (χ3v) is 6.83. The van der Waals surface area contributed by atoms with E-state index in [4.69, 9.17) is 9.47 Å². The molecule has 1 spiro atoms. The van der Waals surface area contributed by atoms with Gasteiger partial charge >= 0.3 is 5.97 Å². The maximum Gasteiger partial charge on any atom is 0.331 e. The summed E-state index contributed by atoms with van der Waals surface area (Å²) in [6, 6.07) is 9.36. The van der Waals surface area contributed by atoms with Gasteiger partial charge in [-0.15, -0.1) is 0 Å². The quantitative estimate of drug-likeness (QED) is 0.592. The lowest BCUT2D eigenvalue weighted by Gasteiger charge is -2.60. The maximum atomic E-state index is 12.6. The fourth-order valence-corrected chi connectivity index (χ4v) is 5.13. The van der Waals surface area contributed by atoms with Gasteiger partial charge in [0.1, 0.15) is 0 Å². The van der Waals surface area contributed by atoms with Crippen molar-refractivity contribution >= 4 is 35.1 Å². The minimum atomic E-state index is -0.801. The zero-order valence-electron chi connectivity index (χ0n) is 15.0. The van der Waals surface area contributed by atoms with Crippen LogP contribution in [0.25, 0.3) is 0 Å². The number of ether oxygens (including phenoxy) is 2. The number of aliphatic imine (C=N–C) groups is 1. The summed E-state index contributed by atoms with van der Waals surface area (Å²) in [7, 11) is 1.32. The van der Waals surface area contributed by atoms with Crippen LogP contribution in [-0.2, 0) is 19.1 Å². The first-order chi connectivity index (χ1) is 11.7. The van der Waals surface area contributed by atoms with Crippen molar-refractivity contribution in [3.63, 3.8) is 0 Å². The van der Waals surface area contributed by atoms with E-state index in [1.54, 1.807) is 0 Å². The Kier molecular flexibility index (Phi) is 4.06. The molecule has 132 valence electrons. The van der Waals surface area contributed by atoms with Crippen molar-refractivity contribution in [3.8, 4) is 0 Å². The number of esters is 1.